The molecule has 0 bridgehead atoms. The van der Waals surface area contributed by atoms with E-state index in [4.69, 9.17) is 0 Å². The standard InChI is InChI=1S/C24H24FN5O3S/c1-14-5-10-18(11-15(14)2)26-19(31)13-34-23-27-21-20(22(32)29(4)24(33)28(21)3)30(23)12-16-6-8-17(25)9-7-16/h5-11H,12-13H2,1-4H3,(H,26,31). The Morgan fingerprint density at radius 2 is 1.74 bits per heavy atom. The summed E-state index contributed by atoms with van der Waals surface area (Å²) in [5.41, 5.74) is 3.14. The Morgan fingerprint density at radius 1 is 1.03 bits per heavy atom. The number of halogens is 1. The minimum atomic E-state index is -0.493. The van der Waals surface area contributed by atoms with Gasteiger partial charge in [0, 0.05) is 19.8 Å². The van der Waals surface area contributed by atoms with Gasteiger partial charge in [0.15, 0.2) is 16.3 Å². The number of carbonyl (C=O) groups excluding carboxylic acids is 1. The zero-order chi connectivity index (χ0) is 24.6. The number of nitrogens with one attached hydrogen (secondary N) is 1. The Bertz CT molecular complexity index is 1520. The second-order valence-corrected chi connectivity index (χ2v) is 9.06. The molecule has 8 nitrogen and oxygen atoms in total. The number of thioether (sulfide) groups is 1. The van der Waals surface area contributed by atoms with Gasteiger partial charge in [-0.3, -0.25) is 18.7 Å². The van der Waals surface area contributed by atoms with Crippen LogP contribution in [0.1, 0.15) is 16.7 Å². The second kappa shape index (κ2) is 9.30. The molecule has 0 spiro atoms. The first-order valence-electron chi connectivity index (χ1n) is 10.6. The third-order valence-electron chi connectivity index (χ3n) is 5.69. The fraction of sp³-hybridized carbons (Fsp3) is 0.250. The van der Waals surface area contributed by atoms with Crippen LogP contribution >= 0.6 is 11.8 Å². The molecule has 0 aliphatic rings. The molecule has 0 aliphatic carbocycles. The summed E-state index contributed by atoms with van der Waals surface area (Å²) in [4.78, 5) is 42.5. The molecule has 176 valence electrons. The predicted octanol–water partition coefficient (Wildman–Crippen LogP) is 2.97. The Labute approximate surface area is 199 Å². The topological polar surface area (TPSA) is 90.9 Å². The quantitative estimate of drug-likeness (QED) is 0.428. The van der Waals surface area contributed by atoms with Crippen molar-refractivity contribution in [3.8, 4) is 0 Å². The third kappa shape index (κ3) is 4.54. The molecular formula is C24H24FN5O3S. The van der Waals surface area contributed by atoms with E-state index in [0.717, 1.165) is 33.0 Å². The molecule has 34 heavy (non-hydrogen) atoms. The molecule has 0 aliphatic heterocycles. The molecule has 2 aromatic carbocycles. The van der Waals surface area contributed by atoms with Crippen molar-refractivity contribution in [2.75, 3.05) is 11.1 Å². The molecule has 0 radical (unpaired) electrons. The number of nitrogens with zero attached hydrogens (tertiary/aromatic N) is 4. The van der Waals surface area contributed by atoms with Crippen molar-refractivity contribution in [3.05, 3.63) is 85.8 Å². The average molecular weight is 482 g/mol. The van der Waals surface area contributed by atoms with Gasteiger partial charge in [0.25, 0.3) is 5.56 Å². The molecule has 1 N–H and O–H groups in total. The van der Waals surface area contributed by atoms with E-state index in [9.17, 15) is 18.8 Å². The number of imidazole rings is 1. The molecule has 0 fully saturated rings. The van der Waals surface area contributed by atoms with Gasteiger partial charge in [-0.25, -0.2) is 14.2 Å². The van der Waals surface area contributed by atoms with E-state index in [2.05, 4.69) is 10.3 Å². The summed E-state index contributed by atoms with van der Waals surface area (Å²) in [5, 5.41) is 3.28. The number of amides is 1. The van der Waals surface area contributed by atoms with Gasteiger partial charge in [0.1, 0.15) is 5.82 Å². The van der Waals surface area contributed by atoms with Gasteiger partial charge in [-0.1, -0.05) is 30.0 Å². The van der Waals surface area contributed by atoms with Crippen LogP contribution in [0.5, 0.6) is 0 Å². The summed E-state index contributed by atoms with van der Waals surface area (Å²) in [6.45, 7) is 4.20. The fourth-order valence-electron chi connectivity index (χ4n) is 3.60. The lowest BCUT2D eigenvalue weighted by molar-refractivity contribution is -0.113. The first-order valence-corrected chi connectivity index (χ1v) is 11.5. The maximum Gasteiger partial charge on any atom is 0.332 e. The van der Waals surface area contributed by atoms with E-state index in [1.807, 2.05) is 32.0 Å². The smallest absolute Gasteiger partial charge is 0.325 e. The van der Waals surface area contributed by atoms with E-state index >= 15 is 0 Å². The number of fused-ring (bicyclic) bond motifs is 1. The maximum atomic E-state index is 13.4. The molecule has 4 aromatic rings. The minimum absolute atomic E-state index is 0.0495. The lowest BCUT2D eigenvalue weighted by Gasteiger charge is -2.10. The summed E-state index contributed by atoms with van der Waals surface area (Å²) >= 11 is 1.16. The Morgan fingerprint density at radius 3 is 2.41 bits per heavy atom. The molecule has 2 heterocycles. The highest BCUT2D eigenvalue weighted by Gasteiger charge is 2.20. The molecule has 4 rings (SSSR count). The summed E-state index contributed by atoms with van der Waals surface area (Å²) in [6.07, 6.45) is 0. The van der Waals surface area contributed by atoms with Crippen LogP contribution in [0.2, 0.25) is 0 Å². The molecule has 0 atom stereocenters. The van der Waals surface area contributed by atoms with Gasteiger partial charge >= 0.3 is 5.69 Å². The van der Waals surface area contributed by atoms with Crippen molar-refractivity contribution in [1.82, 2.24) is 18.7 Å². The van der Waals surface area contributed by atoms with Crippen molar-refractivity contribution in [3.63, 3.8) is 0 Å². The first kappa shape index (κ1) is 23.5. The number of rotatable bonds is 6. The number of aryl methyl sites for hydroxylation is 3. The summed E-state index contributed by atoms with van der Waals surface area (Å²) in [6, 6.07) is 11.6. The van der Waals surface area contributed by atoms with Gasteiger partial charge in [0.05, 0.1) is 12.3 Å². The lowest BCUT2D eigenvalue weighted by atomic mass is 10.1. The van der Waals surface area contributed by atoms with Crippen LogP contribution in [0.3, 0.4) is 0 Å². The minimum Gasteiger partial charge on any atom is -0.325 e. The Balaban J connectivity index is 1.68. The number of benzene rings is 2. The molecule has 2 aromatic heterocycles. The molecule has 0 saturated heterocycles. The highest BCUT2D eigenvalue weighted by molar-refractivity contribution is 7.99. The maximum absolute atomic E-state index is 13.4. The number of hydrogen-bond donors (Lipinski definition) is 1. The summed E-state index contributed by atoms with van der Waals surface area (Å²) in [5.74, 6) is -0.543. The van der Waals surface area contributed by atoms with Crippen LogP contribution in [-0.4, -0.2) is 30.3 Å². The van der Waals surface area contributed by atoms with Crippen LogP contribution in [0.4, 0.5) is 10.1 Å². The zero-order valence-electron chi connectivity index (χ0n) is 19.3. The number of aromatic nitrogens is 4. The molecular weight excluding hydrogens is 457 g/mol. The fourth-order valence-corrected chi connectivity index (χ4v) is 4.40. The Hall–Kier alpha value is -3.66. The van der Waals surface area contributed by atoms with Crippen LogP contribution in [-0.2, 0) is 25.4 Å². The highest BCUT2D eigenvalue weighted by Crippen LogP contribution is 2.24. The lowest BCUT2D eigenvalue weighted by Crippen LogP contribution is -2.37. The van der Waals surface area contributed by atoms with Gasteiger partial charge in [-0.05, 0) is 54.8 Å². The van der Waals surface area contributed by atoms with Crippen molar-refractivity contribution >= 4 is 34.5 Å². The van der Waals surface area contributed by atoms with Crippen molar-refractivity contribution in [1.29, 1.82) is 0 Å². The van der Waals surface area contributed by atoms with Gasteiger partial charge < -0.3 is 9.88 Å². The van der Waals surface area contributed by atoms with Crippen molar-refractivity contribution in [2.45, 2.75) is 25.5 Å². The average Bonchev–Trinajstić information content (AvgIpc) is 3.17. The Kier molecular flexibility index (Phi) is 6.43. The van der Waals surface area contributed by atoms with Crippen LogP contribution in [0, 0.1) is 19.7 Å². The van der Waals surface area contributed by atoms with Crippen LogP contribution in [0.25, 0.3) is 11.2 Å². The van der Waals surface area contributed by atoms with Crippen molar-refractivity contribution < 1.29 is 9.18 Å². The molecule has 0 unspecified atom stereocenters. The SMILES string of the molecule is Cc1ccc(NC(=O)CSc2nc3c(c(=O)n(C)c(=O)n3C)n2Cc2ccc(F)cc2)cc1C. The monoisotopic (exact) mass is 481 g/mol. The van der Waals surface area contributed by atoms with E-state index in [1.165, 1.54) is 23.7 Å². The second-order valence-electron chi connectivity index (χ2n) is 8.12. The zero-order valence-corrected chi connectivity index (χ0v) is 20.1. The highest BCUT2D eigenvalue weighted by atomic mass is 32.2. The van der Waals surface area contributed by atoms with E-state index in [0.29, 0.717) is 10.8 Å². The first-order chi connectivity index (χ1) is 16.2. The molecule has 1 amide bonds. The molecule has 0 saturated carbocycles. The number of hydrogen-bond acceptors (Lipinski definition) is 5. The van der Waals surface area contributed by atoms with Gasteiger partial charge in [0.2, 0.25) is 5.91 Å². The largest absolute Gasteiger partial charge is 0.332 e. The summed E-state index contributed by atoms with van der Waals surface area (Å²) < 4.78 is 17.4. The number of carbonyl (C=O) groups is 1. The predicted molar refractivity (Wildman–Crippen MR) is 131 cm³/mol. The van der Waals surface area contributed by atoms with E-state index in [-0.39, 0.29) is 35.2 Å². The van der Waals surface area contributed by atoms with Gasteiger partial charge in [-0.2, -0.15) is 0 Å². The van der Waals surface area contributed by atoms with Crippen LogP contribution in [0.15, 0.2) is 57.2 Å². The van der Waals surface area contributed by atoms with Crippen LogP contribution < -0.4 is 16.6 Å². The summed E-state index contributed by atoms with van der Waals surface area (Å²) in [7, 11) is 2.95. The number of anilines is 1. The van der Waals surface area contributed by atoms with Crippen molar-refractivity contribution in [2.24, 2.45) is 14.1 Å². The third-order valence-corrected chi connectivity index (χ3v) is 6.67. The van der Waals surface area contributed by atoms with E-state index in [1.54, 1.807) is 23.7 Å². The van der Waals surface area contributed by atoms with E-state index < -0.39 is 11.2 Å². The van der Waals surface area contributed by atoms with Gasteiger partial charge in [-0.15, -0.1) is 0 Å². The molecule has 10 heteroatoms. The normalized spacial score (nSPS) is 11.2.